The van der Waals surface area contributed by atoms with E-state index in [2.05, 4.69) is 35.9 Å². The van der Waals surface area contributed by atoms with E-state index in [1.165, 1.54) is 36.8 Å². The molecule has 3 heteroatoms. The minimum atomic E-state index is 0.147. The first-order valence-corrected chi connectivity index (χ1v) is 8.34. The highest BCUT2D eigenvalue weighted by molar-refractivity contribution is 5.93. The van der Waals surface area contributed by atoms with Gasteiger partial charge in [0.05, 0.1) is 0 Å². The Morgan fingerprint density at radius 1 is 1.24 bits per heavy atom. The van der Waals surface area contributed by atoms with Crippen molar-refractivity contribution in [2.24, 2.45) is 17.8 Å². The number of carbonyl (C=O) groups excluding carboxylic acids is 1. The van der Waals surface area contributed by atoms with E-state index in [0.29, 0.717) is 12.5 Å². The molecule has 4 unspecified atom stereocenters. The zero-order chi connectivity index (χ0) is 14.4. The fourth-order valence-corrected chi connectivity index (χ4v) is 4.93. The van der Waals surface area contributed by atoms with Gasteiger partial charge in [0, 0.05) is 18.2 Å². The molecule has 0 radical (unpaired) electrons. The van der Waals surface area contributed by atoms with Crippen LogP contribution < -0.4 is 10.6 Å². The van der Waals surface area contributed by atoms with E-state index in [1.807, 2.05) is 0 Å². The highest BCUT2D eigenvalue weighted by Crippen LogP contribution is 2.52. The number of carbonyl (C=O) groups is 1. The zero-order valence-electron chi connectivity index (χ0n) is 12.7. The number of amides is 1. The molecule has 21 heavy (non-hydrogen) atoms. The Bertz CT molecular complexity index is 568. The molecule has 4 rings (SSSR count). The average Bonchev–Trinajstić information content (AvgIpc) is 3.11. The molecule has 0 saturated heterocycles. The lowest BCUT2D eigenvalue weighted by Gasteiger charge is -2.31. The summed E-state index contributed by atoms with van der Waals surface area (Å²) in [7, 11) is 2.10. The van der Waals surface area contributed by atoms with Crippen LogP contribution in [0.2, 0.25) is 0 Å². The normalized spacial score (nSPS) is 31.9. The Hall–Kier alpha value is -1.35. The third kappa shape index (κ3) is 2.28. The minimum absolute atomic E-state index is 0.147. The molecule has 2 aliphatic carbocycles. The molecule has 4 atom stereocenters. The summed E-state index contributed by atoms with van der Waals surface area (Å²) in [6, 6.07) is 7.10. The topological polar surface area (TPSA) is 41.1 Å². The Morgan fingerprint density at radius 3 is 2.86 bits per heavy atom. The van der Waals surface area contributed by atoms with Crippen molar-refractivity contribution in [1.82, 2.24) is 5.32 Å². The highest BCUT2D eigenvalue weighted by Gasteiger charge is 2.43. The molecular formula is C18H24N2O. The Morgan fingerprint density at radius 2 is 2.14 bits per heavy atom. The van der Waals surface area contributed by atoms with Crippen molar-refractivity contribution in [3.05, 3.63) is 29.3 Å². The second-order valence-electron chi connectivity index (χ2n) is 7.07. The number of fused-ring (bicyclic) bond motifs is 3. The van der Waals surface area contributed by atoms with Crippen molar-refractivity contribution >= 4 is 11.6 Å². The van der Waals surface area contributed by atoms with Crippen molar-refractivity contribution in [2.75, 3.05) is 12.4 Å². The smallest absolute Gasteiger partial charge is 0.224 e. The van der Waals surface area contributed by atoms with E-state index in [4.69, 9.17) is 0 Å². The van der Waals surface area contributed by atoms with E-state index in [1.54, 1.807) is 0 Å². The molecule has 3 aliphatic rings. The van der Waals surface area contributed by atoms with Crippen molar-refractivity contribution in [3.63, 3.8) is 0 Å². The fraction of sp³-hybridized carbons (Fsp3) is 0.611. The van der Waals surface area contributed by atoms with E-state index < -0.39 is 0 Å². The monoisotopic (exact) mass is 284 g/mol. The fourth-order valence-electron chi connectivity index (χ4n) is 4.93. The van der Waals surface area contributed by atoms with Gasteiger partial charge in [0.25, 0.3) is 0 Å². The third-order valence-electron chi connectivity index (χ3n) is 5.92. The molecule has 0 aromatic heterocycles. The number of aryl methyl sites for hydroxylation is 1. The molecular weight excluding hydrogens is 260 g/mol. The molecule has 112 valence electrons. The van der Waals surface area contributed by atoms with Crippen molar-refractivity contribution in [1.29, 1.82) is 0 Å². The van der Waals surface area contributed by atoms with Gasteiger partial charge in [-0.15, -0.1) is 0 Å². The van der Waals surface area contributed by atoms with E-state index in [0.717, 1.165) is 29.9 Å². The number of rotatable bonds is 3. The number of benzene rings is 1. The van der Waals surface area contributed by atoms with Crippen molar-refractivity contribution in [2.45, 2.75) is 44.6 Å². The average molecular weight is 284 g/mol. The first kappa shape index (κ1) is 13.3. The SMILES string of the molecule is CNC(c1ccc2c(c1)CCC(=O)N2)C1CC2CCC1C2. The zero-order valence-corrected chi connectivity index (χ0v) is 12.7. The minimum Gasteiger partial charge on any atom is -0.326 e. The Kier molecular flexibility index (Phi) is 3.26. The van der Waals surface area contributed by atoms with Gasteiger partial charge in [0.1, 0.15) is 0 Å². The van der Waals surface area contributed by atoms with Crippen LogP contribution in [0, 0.1) is 17.8 Å². The summed E-state index contributed by atoms with van der Waals surface area (Å²) in [5.41, 5.74) is 3.72. The molecule has 2 bridgehead atoms. The molecule has 2 fully saturated rings. The van der Waals surface area contributed by atoms with Gasteiger partial charge in [-0.25, -0.2) is 0 Å². The Labute approximate surface area is 126 Å². The van der Waals surface area contributed by atoms with Gasteiger partial charge in [-0.05, 0) is 67.7 Å². The molecule has 1 aromatic rings. The van der Waals surface area contributed by atoms with Crippen LogP contribution in [0.25, 0.3) is 0 Å². The molecule has 1 aromatic carbocycles. The number of hydrogen-bond donors (Lipinski definition) is 2. The van der Waals surface area contributed by atoms with Crippen LogP contribution >= 0.6 is 0 Å². The second-order valence-corrected chi connectivity index (χ2v) is 7.07. The van der Waals surface area contributed by atoms with Crippen LogP contribution in [0.4, 0.5) is 5.69 Å². The summed E-state index contributed by atoms with van der Waals surface area (Å²) in [6.07, 6.45) is 7.22. The van der Waals surface area contributed by atoms with E-state index >= 15 is 0 Å². The predicted molar refractivity (Wildman–Crippen MR) is 84.1 cm³/mol. The van der Waals surface area contributed by atoms with Gasteiger partial charge >= 0.3 is 0 Å². The van der Waals surface area contributed by atoms with Crippen LogP contribution in [-0.2, 0) is 11.2 Å². The lowest BCUT2D eigenvalue weighted by molar-refractivity contribution is -0.116. The maximum atomic E-state index is 11.5. The van der Waals surface area contributed by atoms with E-state index in [-0.39, 0.29) is 5.91 Å². The first-order valence-electron chi connectivity index (χ1n) is 8.34. The van der Waals surface area contributed by atoms with Gasteiger partial charge in [-0.2, -0.15) is 0 Å². The Balaban J connectivity index is 1.61. The standard InChI is InChI=1S/C18H24N2O/c1-19-18(15-9-11-2-3-12(15)8-11)14-4-6-16-13(10-14)5-7-17(21)20-16/h4,6,10-12,15,18-19H,2-3,5,7-9H2,1H3,(H,20,21). The molecule has 3 nitrogen and oxygen atoms in total. The summed E-state index contributed by atoms with van der Waals surface area (Å²) >= 11 is 0. The predicted octanol–water partition coefficient (Wildman–Crippen LogP) is 3.27. The van der Waals surface area contributed by atoms with Gasteiger partial charge in [-0.1, -0.05) is 18.6 Å². The van der Waals surface area contributed by atoms with Crippen molar-refractivity contribution < 1.29 is 4.79 Å². The summed E-state index contributed by atoms with van der Waals surface area (Å²) < 4.78 is 0. The van der Waals surface area contributed by atoms with E-state index in [9.17, 15) is 4.79 Å². The lowest BCUT2D eigenvalue weighted by Crippen LogP contribution is -2.29. The van der Waals surface area contributed by atoms with Gasteiger partial charge in [-0.3, -0.25) is 4.79 Å². The number of anilines is 1. The number of nitrogens with one attached hydrogen (secondary N) is 2. The summed E-state index contributed by atoms with van der Waals surface area (Å²) in [5, 5.41) is 6.55. The van der Waals surface area contributed by atoms with Crippen molar-refractivity contribution in [3.8, 4) is 0 Å². The van der Waals surface area contributed by atoms with Crippen LogP contribution in [-0.4, -0.2) is 13.0 Å². The second kappa shape index (κ2) is 5.13. The molecule has 2 saturated carbocycles. The van der Waals surface area contributed by atoms with Crippen LogP contribution in [0.15, 0.2) is 18.2 Å². The van der Waals surface area contributed by atoms with Gasteiger partial charge < -0.3 is 10.6 Å². The molecule has 1 amide bonds. The molecule has 1 heterocycles. The number of hydrogen-bond acceptors (Lipinski definition) is 2. The molecule has 1 aliphatic heterocycles. The maximum Gasteiger partial charge on any atom is 0.224 e. The van der Waals surface area contributed by atoms with Crippen LogP contribution in [0.5, 0.6) is 0 Å². The maximum absolute atomic E-state index is 11.5. The van der Waals surface area contributed by atoms with Gasteiger partial charge in [0.15, 0.2) is 0 Å². The molecule has 2 N–H and O–H groups in total. The van der Waals surface area contributed by atoms with Crippen LogP contribution in [0.1, 0.15) is 49.3 Å². The van der Waals surface area contributed by atoms with Gasteiger partial charge in [0.2, 0.25) is 5.91 Å². The first-order chi connectivity index (χ1) is 10.2. The third-order valence-corrected chi connectivity index (χ3v) is 5.92. The summed E-state index contributed by atoms with van der Waals surface area (Å²) in [6.45, 7) is 0. The quantitative estimate of drug-likeness (QED) is 0.894. The van der Waals surface area contributed by atoms with Crippen LogP contribution in [0.3, 0.4) is 0 Å². The molecule has 0 spiro atoms. The summed E-state index contributed by atoms with van der Waals surface area (Å²) in [4.78, 5) is 11.5. The lowest BCUT2D eigenvalue weighted by atomic mass is 9.80. The summed E-state index contributed by atoms with van der Waals surface area (Å²) in [5.74, 6) is 2.84. The highest BCUT2D eigenvalue weighted by atomic mass is 16.1. The largest absolute Gasteiger partial charge is 0.326 e.